The molecule has 0 spiro atoms. The maximum atomic E-state index is 11.5. The molecule has 1 aliphatic carbocycles. The van der Waals surface area contributed by atoms with Gasteiger partial charge in [0.05, 0.1) is 12.2 Å². The van der Waals surface area contributed by atoms with E-state index < -0.39 is 5.60 Å². The predicted molar refractivity (Wildman–Crippen MR) is 81.9 cm³/mol. The molecule has 2 nitrogen and oxygen atoms in total. The lowest BCUT2D eigenvalue weighted by atomic mass is 9.76. The van der Waals surface area contributed by atoms with E-state index >= 15 is 0 Å². The highest BCUT2D eigenvalue weighted by Gasteiger charge is 2.55. The molecule has 2 fully saturated rings. The monoisotopic (exact) mass is 280 g/mol. The summed E-state index contributed by atoms with van der Waals surface area (Å²) >= 11 is 0. The number of hydrogen-bond acceptors (Lipinski definition) is 2. The van der Waals surface area contributed by atoms with Crippen molar-refractivity contribution in [2.75, 3.05) is 13.2 Å². The van der Waals surface area contributed by atoms with Crippen molar-refractivity contribution in [1.29, 1.82) is 0 Å². The van der Waals surface area contributed by atoms with Gasteiger partial charge in [0.25, 0.3) is 0 Å². The fourth-order valence-corrected chi connectivity index (χ4v) is 4.28. The van der Waals surface area contributed by atoms with Gasteiger partial charge in [-0.1, -0.05) is 60.7 Å². The third-order valence-corrected chi connectivity index (χ3v) is 5.20. The number of rotatable bonds is 2. The fourth-order valence-electron chi connectivity index (χ4n) is 4.28. The van der Waals surface area contributed by atoms with Crippen LogP contribution in [0.2, 0.25) is 0 Å². The predicted octanol–water partition coefficient (Wildman–Crippen LogP) is 3.32. The van der Waals surface area contributed by atoms with Crippen molar-refractivity contribution in [1.82, 2.24) is 0 Å². The van der Waals surface area contributed by atoms with Crippen LogP contribution in [0.25, 0.3) is 0 Å². The van der Waals surface area contributed by atoms with Crippen molar-refractivity contribution in [3.63, 3.8) is 0 Å². The smallest absolute Gasteiger partial charge is 0.0972 e. The van der Waals surface area contributed by atoms with Crippen molar-refractivity contribution in [3.8, 4) is 0 Å². The topological polar surface area (TPSA) is 29.5 Å². The normalized spacial score (nSPS) is 34.8. The lowest BCUT2D eigenvalue weighted by molar-refractivity contribution is 0.00313. The van der Waals surface area contributed by atoms with Crippen molar-refractivity contribution < 1.29 is 9.84 Å². The number of hydrogen-bond donors (Lipinski definition) is 1. The van der Waals surface area contributed by atoms with Gasteiger partial charge in [0, 0.05) is 12.5 Å². The first kappa shape index (κ1) is 13.1. The van der Waals surface area contributed by atoms with Crippen molar-refractivity contribution in [2.24, 2.45) is 11.8 Å². The van der Waals surface area contributed by atoms with Gasteiger partial charge >= 0.3 is 0 Å². The van der Waals surface area contributed by atoms with Crippen molar-refractivity contribution >= 4 is 0 Å². The number of aliphatic hydroxyl groups is 1. The van der Waals surface area contributed by atoms with Crippen LogP contribution in [0.3, 0.4) is 0 Å². The minimum atomic E-state index is -0.776. The number of fused-ring (bicyclic) bond motifs is 1. The van der Waals surface area contributed by atoms with Crippen LogP contribution in [0, 0.1) is 11.8 Å². The molecule has 0 amide bonds. The zero-order valence-electron chi connectivity index (χ0n) is 12.0. The molecule has 1 saturated carbocycles. The quantitative estimate of drug-likeness (QED) is 0.914. The SMILES string of the molecule is O[C@@]1(c2ccccc2)C[C@@H]2COC[C@@H]2[C@H]1c1ccccc1. The summed E-state index contributed by atoms with van der Waals surface area (Å²) in [7, 11) is 0. The van der Waals surface area contributed by atoms with Crippen LogP contribution in [0.4, 0.5) is 0 Å². The minimum absolute atomic E-state index is 0.119. The van der Waals surface area contributed by atoms with Crippen LogP contribution in [0.1, 0.15) is 23.5 Å². The molecule has 1 N–H and O–H groups in total. The molecule has 1 heterocycles. The second kappa shape index (κ2) is 4.97. The summed E-state index contributed by atoms with van der Waals surface area (Å²) < 4.78 is 5.68. The highest BCUT2D eigenvalue weighted by atomic mass is 16.5. The number of ether oxygens (including phenoxy) is 1. The van der Waals surface area contributed by atoms with Crippen LogP contribution in [-0.2, 0) is 10.3 Å². The third-order valence-electron chi connectivity index (χ3n) is 5.20. The summed E-state index contributed by atoms with van der Waals surface area (Å²) in [5, 5.41) is 11.5. The first-order valence-electron chi connectivity index (χ1n) is 7.69. The summed E-state index contributed by atoms with van der Waals surface area (Å²) in [5.74, 6) is 0.992. The molecular formula is C19H20O2. The summed E-state index contributed by atoms with van der Waals surface area (Å²) in [6.07, 6.45) is 0.793. The van der Waals surface area contributed by atoms with Crippen LogP contribution in [0.5, 0.6) is 0 Å². The Morgan fingerprint density at radius 2 is 1.57 bits per heavy atom. The van der Waals surface area contributed by atoms with Gasteiger partial charge in [-0.25, -0.2) is 0 Å². The lowest BCUT2D eigenvalue weighted by Crippen LogP contribution is -2.32. The van der Waals surface area contributed by atoms with Gasteiger partial charge in [-0.15, -0.1) is 0 Å². The van der Waals surface area contributed by atoms with E-state index in [9.17, 15) is 5.11 Å². The van der Waals surface area contributed by atoms with Crippen molar-refractivity contribution in [3.05, 3.63) is 71.8 Å². The summed E-state index contributed by atoms with van der Waals surface area (Å²) in [5.41, 5.74) is 1.48. The molecule has 0 unspecified atom stereocenters. The molecule has 1 saturated heterocycles. The lowest BCUT2D eigenvalue weighted by Gasteiger charge is -2.33. The molecule has 2 aliphatic rings. The van der Waals surface area contributed by atoms with E-state index in [0.29, 0.717) is 11.8 Å². The van der Waals surface area contributed by atoms with Crippen LogP contribution in [-0.4, -0.2) is 18.3 Å². The van der Waals surface area contributed by atoms with Gasteiger partial charge in [0.15, 0.2) is 0 Å². The molecule has 2 aromatic carbocycles. The molecule has 0 bridgehead atoms. The maximum absolute atomic E-state index is 11.5. The molecule has 2 heteroatoms. The van der Waals surface area contributed by atoms with E-state index in [4.69, 9.17) is 4.74 Å². The van der Waals surface area contributed by atoms with Gasteiger partial charge in [-0.3, -0.25) is 0 Å². The average Bonchev–Trinajstić information content (AvgIpc) is 3.07. The Hall–Kier alpha value is -1.64. The Balaban J connectivity index is 1.82. The standard InChI is InChI=1S/C19H20O2/c20-19(16-9-5-2-6-10-16)11-15-12-21-13-17(15)18(19)14-7-3-1-4-8-14/h1-10,15,17-18,20H,11-13H2/t15-,17+,18-,19-/m1/s1. The van der Waals surface area contributed by atoms with Crippen LogP contribution >= 0.6 is 0 Å². The Morgan fingerprint density at radius 1 is 0.905 bits per heavy atom. The van der Waals surface area contributed by atoms with Gasteiger partial charge in [0.2, 0.25) is 0 Å². The Bertz CT molecular complexity index is 610. The molecule has 1 aliphatic heterocycles. The largest absolute Gasteiger partial charge is 0.385 e. The summed E-state index contributed by atoms with van der Waals surface area (Å²) in [6.45, 7) is 1.54. The molecule has 21 heavy (non-hydrogen) atoms. The molecule has 4 rings (SSSR count). The summed E-state index contributed by atoms with van der Waals surface area (Å²) in [4.78, 5) is 0. The van der Waals surface area contributed by atoms with Crippen LogP contribution < -0.4 is 0 Å². The van der Waals surface area contributed by atoms with E-state index in [2.05, 4.69) is 36.4 Å². The Morgan fingerprint density at radius 3 is 2.29 bits per heavy atom. The Kier molecular flexibility index (Phi) is 3.09. The van der Waals surface area contributed by atoms with E-state index in [-0.39, 0.29) is 5.92 Å². The molecule has 2 aromatic rings. The second-order valence-corrected chi connectivity index (χ2v) is 6.34. The number of benzene rings is 2. The molecule has 108 valence electrons. The zero-order valence-corrected chi connectivity index (χ0v) is 12.0. The van der Waals surface area contributed by atoms with Crippen molar-refractivity contribution in [2.45, 2.75) is 17.9 Å². The molecule has 0 radical (unpaired) electrons. The van der Waals surface area contributed by atoms with E-state index in [1.807, 2.05) is 24.3 Å². The fraction of sp³-hybridized carbons (Fsp3) is 0.368. The third kappa shape index (κ3) is 2.02. The highest BCUT2D eigenvalue weighted by Crippen LogP contribution is 2.57. The average molecular weight is 280 g/mol. The van der Waals surface area contributed by atoms with Gasteiger partial charge in [-0.2, -0.15) is 0 Å². The van der Waals surface area contributed by atoms with E-state index in [1.165, 1.54) is 5.56 Å². The second-order valence-electron chi connectivity index (χ2n) is 6.34. The molecular weight excluding hydrogens is 260 g/mol. The minimum Gasteiger partial charge on any atom is -0.385 e. The highest BCUT2D eigenvalue weighted by molar-refractivity contribution is 5.35. The van der Waals surface area contributed by atoms with Gasteiger partial charge < -0.3 is 9.84 Å². The van der Waals surface area contributed by atoms with Gasteiger partial charge in [0.1, 0.15) is 0 Å². The Labute approximate surface area is 125 Å². The molecule has 4 atom stereocenters. The van der Waals surface area contributed by atoms with Crippen LogP contribution in [0.15, 0.2) is 60.7 Å². The molecule has 0 aromatic heterocycles. The first-order valence-corrected chi connectivity index (χ1v) is 7.69. The van der Waals surface area contributed by atoms with E-state index in [0.717, 1.165) is 25.2 Å². The summed E-state index contributed by atoms with van der Waals surface area (Å²) in [6, 6.07) is 20.6. The van der Waals surface area contributed by atoms with Gasteiger partial charge in [-0.05, 0) is 29.4 Å². The maximum Gasteiger partial charge on any atom is 0.0972 e. The van der Waals surface area contributed by atoms with E-state index in [1.54, 1.807) is 0 Å². The first-order chi connectivity index (χ1) is 10.3. The zero-order chi connectivity index (χ0) is 14.3.